The molecule has 2 nitrogen and oxygen atoms in total. The van der Waals surface area contributed by atoms with Crippen molar-refractivity contribution in [2.75, 3.05) is 0 Å². The molecule has 90 valence electrons. The molecule has 2 rings (SSSR count). The van der Waals surface area contributed by atoms with Crippen LogP contribution in [0.4, 0.5) is 13.2 Å². The third-order valence-corrected chi connectivity index (χ3v) is 3.44. The van der Waals surface area contributed by atoms with Crippen molar-refractivity contribution in [1.29, 1.82) is 0 Å². The summed E-state index contributed by atoms with van der Waals surface area (Å²) in [5, 5.41) is 0. The van der Waals surface area contributed by atoms with E-state index in [1.165, 1.54) is 26.8 Å². The molecule has 5 heteroatoms. The van der Waals surface area contributed by atoms with E-state index in [0.29, 0.717) is 0 Å². The van der Waals surface area contributed by atoms with Crippen LogP contribution < -0.4 is 0 Å². The van der Waals surface area contributed by atoms with E-state index in [4.69, 9.17) is 4.74 Å². The number of carbonyl (C=O) groups is 1. The van der Waals surface area contributed by atoms with Crippen LogP contribution in [0.1, 0.15) is 27.2 Å². The number of Topliss-reactive ketones (excluding diaryl/α,β-unsaturated/α-hetero) is 1. The molecule has 0 N–H and O–H groups in total. The molecule has 0 amide bonds. The summed E-state index contributed by atoms with van der Waals surface area (Å²) in [4.78, 5) is 11.8. The Labute approximate surface area is 91.5 Å². The molecule has 0 saturated carbocycles. The molecule has 0 radical (unpaired) electrons. The molecule has 2 heterocycles. The standard InChI is InChI=1S/C11H13F3O2/c1-6-4-7-8(15)9(2,3)5-10(6,16-7)11(12,13)14/h4,7H,5H2,1-3H3/t7-,10-/m0/s1. The summed E-state index contributed by atoms with van der Waals surface area (Å²) in [6.45, 7) is 4.46. The highest BCUT2D eigenvalue weighted by Gasteiger charge is 2.67. The van der Waals surface area contributed by atoms with Gasteiger partial charge in [0.15, 0.2) is 11.4 Å². The zero-order valence-electron chi connectivity index (χ0n) is 9.31. The molecule has 0 aromatic heterocycles. The Morgan fingerprint density at radius 1 is 1.44 bits per heavy atom. The van der Waals surface area contributed by atoms with Crippen LogP contribution in [-0.4, -0.2) is 23.7 Å². The third kappa shape index (κ3) is 1.27. The summed E-state index contributed by atoms with van der Waals surface area (Å²) >= 11 is 0. The van der Waals surface area contributed by atoms with E-state index in [1.807, 2.05) is 0 Å². The topological polar surface area (TPSA) is 26.3 Å². The minimum atomic E-state index is -4.47. The molecule has 0 spiro atoms. The highest BCUT2D eigenvalue weighted by Crippen LogP contribution is 2.54. The molecule has 0 aromatic carbocycles. The second kappa shape index (κ2) is 2.88. The van der Waals surface area contributed by atoms with Crippen molar-refractivity contribution in [3.05, 3.63) is 11.6 Å². The molecule has 2 aliphatic heterocycles. The Balaban J connectivity index is 2.51. The fourth-order valence-electron chi connectivity index (χ4n) is 2.50. The fraction of sp³-hybridized carbons (Fsp3) is 0.727. The SMILES string of the molecule is CC1=C[C@@H]2O[C@@]1(C(F)(F)F)CC(C)(C)C2=O. The minimum Gasteiger partial charge on any atom is -0.346 e. The lowest BCUT2D eigenvalue weighted by molar-refractivity contribution is -0.278. The van der Waals surface area contributed by atoms with Crippen LogP contribution in [0.25, 0.3) is 0 Å². The molecule has 1 fully saturated rings. The predicted octanol–water partition coefficient (Wildman–Crippen LogP) is 2.63. The van der Waals surface area contributed by atoms with Gasteiger partial charge in [-0.3, -0.25) is 4.79 Å². The summed E-state index contributed by atoms with van der Waals surface area (Å²) < 4.78 is 44.1. The molecule has 2 aliphatic rings. The van der Waals surface area contributed by atoms with E-state index in [-0.39, 0.29) is 17.8 Å². The number of hydrogen-bond donors (Lipinski definition) is 0. The molecule has 0 unspecified atom stereocenters. The number of carbonyl (C=O) groups excluding carboxylic acids is 1. The van der Waals surface area contributed by atoms with E-state index >= 15 is 0 Å². The Hall–Kier alpha value is -0.840. The lowest BCUT2D eigenvalue weighted by Gasteiger charge is -2.43. The first-order valence-corrected chi connectivity index (χ1v) is 5.08. The molecule has 2 atom stereocenters. The lowest BCUT2D eigenvalue weighted by Crippen LogP contribution is -2.56. The number of hydrogen-bond acceptors (Lipinski definition) is 2. The average molecular weight is 234 g/mol. The Bertz CT molecular complexity index is 381. The Morgan fingerprint density at radius 2 is 2.00 bits per heavy atom. The van der Waals surface area contributed by atoms with Gasteiger partial charge in [-0.1, -0.05) is 13.8 Å². The first kappa shape index (κ1) is 11.6. The number of ketones is 1. The van der Waals surface area contributed by atoms with Crippen LogP contribution in [0.2, 0.25) is 0 Å². The molecule has 0 aromatic rings. The van der Waals surface area contributed by atoms with Gasteiger partial charge in [0.05, 0.1) is 0 Å². The fourth-order valence-corrected chi connectivity index (χ4v) is 2.50. The molecule has 1 saturated heterocycles. The zero-order chi connectivity index (χ0) is 12.4. The highest BCUT2D eigenvalue weighted by atomic mass is 19.4. The Morgan fingerprint density at radius 3 is 2.50 bits per heavy atom. The van der Waals surface area contributed by atoms with Crippen molar-refractivity contribution in [3.63, 3.8) is 0 Å². The number of rotatable bonds is 0. The van der Waals surface area contributed by atoms with Gasteiger partial charge in [0.1, 0.15) is 6.10 Å². The van der Waals surface area contributed by atoms with Crippen LogP contribution in [-0.2, 0) is 9.53 Å². The smallest absolute Gasteiger partial charge is 0.346 e. The van der Waals surface area contributed by atoms with E-state index in [2.05, 4.69) is 0 Å². The Kier molecular flexibility index (Phi) is 2.10. The van der Waals surface area contributed by atoms with Gasteiger partial charge in [-0.05, 0) is 18.6 Å². The van der Waals surface area contributed by atoms with Gasteiger partial charge in [0.25, 0.3) is 0 Å². The highest BCUT2D eigenvalue weighted by molar-refractivity contribution is 5.92. The number of alkyl halides is 3. The van der Waals surface area contributed by atoms with Gasteiger partial charge in [-0.2, -0.15) is 13.2 Å². The van der Waals surface area contributed by atoms with Crippen LogP contribution in [0.15, 0.2) is 11.6 Å². The first-order chi connectivity index (χ1) is 7.10. The van der Waals surface area contributed by atoms with Crippen molar-refractivity contribution in [2.24, 2.45) is 5.41 Å². The molecular weight excluding hydrogens is 221 g/mol. The summed E-state index contributed by atoms with van der Waals surface area (Å²) in [6, 6.07) is 0. The molecular formula is C11H13F3O2. The summed E-state index contributed by atoms with van der Waals surface area (Å²) in [5.74, 6) is -0.274. The summed E-state index contributed by atoms with van der Waals surface area (Å²) in [6.07, 6.45) is -4.54. The monoisotopic (exact) mass is 234 g/mol. The first-order valence-electron chi connectivity index (χ1n) is 5.08. The van der Waals surface area contributed by atoms with Crippen molar-refractivity contribution in [1.82, 2.24) is 0 Å². The maximum absolute atomic E-state index is 13.1. The van der Waals surface area contributed by atoms with E-state index < -0.39 is 23.3 Å². The van der Waals surface area contributed by atoms with Crippen LogP contribution in [0.5, 0.6) is 0 Å². The molecule has 16 heavy (non-hydrogen) atoms. The van der Waals surface area contributed by atoms with Gasteiger partial charge in [0, 0.05) is 11.8 Å². The number of ether oxygens (including phenoxy) is 1. The second-order valence-electron chi connectivity index (χ2n) is 5.14. The van der Waals surface area contributed by atoms with Gasteiger partial charge >= 0.3 is 6.18 Å². The predicted molar refractivity (Wildman–Crippen MR) is 50.8 cm³/mol. The summed E-state index contributed by atoms with van der Waals surface area (Å²) in [5.41, 5.74) is -3.15. The third-order valence-electron chi connectivity index (χ3n) is 3.44. The van der Waals surface area contributed by atoms with Crippen LogP contribution in [0.3, 0.4) is 0 Å². The molecule has 2 bridgehead atoms. The normalized spacial score (nSPS) is 37.5. The lowest BCUT2D eigenvalue weighted by atomic mass is 9.73. The van der Waals surface area contributed by atoms with Gasteiger partial charge in [-0.15, -0.1) is 0 Å². The van der Waals surface area contributed by atoms with E-state index in [0.717, 1.165) is 0 Å². The number of fused-ring (bicyclic) bond motifs is 2. The van der Waals surface area contributed by atoms with Gasteiger partial charge in [0.2, 0.25) is 0 Å². The summed E-state index contributed by atoms with van der Waals surface area (Å²) in [7, 11) is 0. The van der Waals surface area contributed by atoms with Crippen molar-refractivity contribution >= 4 is 5.78 Å². The van der Waals surface area contributed by atoms with Crippen molar-refractivity contribution in [2.45, 2.75) is 45.1 Å². The van der Waals surface area contributed by atoms with E-state index in [9.17, 15) is 18.0 Å². The zero-order valence-corrected chi connectivity index (χ0v) is 9.31. The largest absolute Gasteiger partial charge is 0.421 e. The van der Waals surface area contributed by atoms with Crippen LogP contribution >= 0.6 is 0 Å². The maximum Gasteiger partial charge on any atom is 0.421 e. The van der Waals surface area contributed by atoms with Gasteiger partial charge in [-0.25, -0.2) is 0 Å². The maximum atomic E-state index is 13.1. The quantitative estimate of drug-likeness (QED) is 0.602. The van der Waals surface area contributed by atoms with E-state index in [1.54, 1.807) is 0 Å². The second-order valence-corrected chi connectivity index (χ2v) is 5.14. The van der Waals surface area contributed by atoms with Crippen LogP contribution in [0, 0.1) is 5.41 Å². The number of halogens is 3. The van der Waals surface area contributed by atoms with Crippen molar-refractivity contribution in [3.8, 4) is 0 Å². The van der Waals surface area contributed by atoms with Gasteiger partial charge < -0.3 is 4.74 Å². The van der Waals surface area contributed by atoms with Crippen molar-refractivity contribution < 1.29 is 22.7 Å². The minimum absolute atomic E-state index is 0.101. The average Bonchev–Trinajstić information content (AvgIpc) is 2.37. The molecule has 0 aliphatic carbocycles.